The summed E-state index contributed by atoms with van der Waals surface area (Å²) in [6.45, 7) is 20.9. The average Bonchev–Trinajstić information content (AvgIpc) is 3.63. The van der Waals surface area contributed by atoms with Crippen molar-refractivity contribution in [3.63, 3.8) is 0 Å². The Hall–Kier alpha value is -3.95. The third-order valence-electron chi connectivity index (χ3n) is 9.16. The summed E-state index contributed by atoms with van der Waals surface area (Å²) in [6, 6.07) is 4.46. The van der Waals surface area contributed by atoms with Crippen LogP contribution in [0.3, 0.4) is 0 Å². The fourth-order valence-corrected chi connectivity index (χ4v) is 6.44. The summed E-state index contributed by atoms with van der Waals surface area (Å²) < 4.78 is 23.6. The van der Waals surface area contributed by atoms with Crippen LogP contribution in [0, 0.1) is 23.2 Å². The number of aromatic nitrogens is 2. The number of rotatable bonds is 14. The van der Waals surface area contributed by atoms with Crippen LogP contribution in [0.2, 0.25) is 0 Å². The van der Waals surface area contributed by atoms with Crippen LogP contribution in [0.5, 0.6) is 11.6 Å². The van der Waals surface area contributed by atoms with Crippen LogP contribution in [0.15, 0.2) is 37.4 Å². The highest BCUT2D eigenvalue weighted by Gasteiger charge is 2.52. The number of hydrogen-bond donors (Lipinski definition) is 0. The number of methoxy groups -OCH3 is 1. The van der Waals surface area contributed by atoms with E-state index in [9.17, 15) is 14.4 Å². The predicted molar refractivity (Wildman–Crippen MR) is 185 cm³/mol. The number of fused-ring (bicyclic) bond motifs is 1. The second-order valence-corrected chi connectivity index (χ2v) is 15.0. The molecule has 2 aliphatic rings. The Morgan fingerprint density at radius 3 is 2.40 bits per heavy atom. The molecule has 0 N–H and O–H groups in total. The lowest BCUT2D eigenvalue weighted by atomic mass is 9.77. The Kier molecular flexibility index (Phi) is 11.6. The number of benzene rings is 1. The SMILES string of the molecule is C=CCCC[C@@H]1C[C@H]1OC(=O)C[C@H](C(=O)N1C[C@H](Oc2nc3cc(OC)ccc3nc2C=C)[C@@H](CC)[C@H]1C(=O)OC(C)(C)C)C(C)(C)C. The lowest BCUT2D eigenvalue weighted by Gasteiger charge is -2.35. The smallest absolute Gasteiger partial charge is 0.329 e. The molecule has 10 heteroatoms. The van der Waals surface area contributed by atoms with Gasteiger partial charge in [-0.1, -0.05) is 40.3 Å². The molecule has 1 aromatic heterocycles. The molecule has 1 aliphatic carbocycles. The van der Waals surface area contributed by atoms with Crippen LogP contribution in [-0.4, -0.2) is 70.2 Å². The summed E-state index contributed by atoms with van der Waals surface area (Å²) in [7, 11) is 1.58. The molecule has 1 saturated heterocycles. The fourth-order valence-electron chi connectivity index (χ4n) is 6.44. The second-order valence-electron chi connectivity index (χ2n) is 15.0. The lowest BCUT2D eigenvalue weighted by Crippen LogP contribution is -2.50. The van der Waals surface area contributed by atoms with Crippen LogP contribution < -0.4 is 9.47 Å². The van der Waals surface area contributed by atoms with Crippen LogP contribution in [0.4, 0.5) is 0 Å². The van der Waals surface area contributed by atoms with E-state index in [0.29, 0.717) is 34.8 Å². The van der Waals surface area contributed by atoms with Gasteiger partial charge in [-0.05, 0) is 82.4 Å². The van der Waals surface area contributed by atoms with Gasteiger partial charge in [-0.3, -0.25) is 9.59 Å². The average molecular weight is 664 g/mol. The molecule has 4 rings (SSSR count). The molecule has 1 aromatic carbocycles. The molecule has 2 aromatic rings. The first-order valence-corrected chi connectivity index (χ1v) is 17.1. The third-order valence-corrected chi connectivity index (χ3v) is 9.16. The van der Waals surface area contributed by atoms with E-state index in [4.69, 9.17) is 23.9 Å². The van der Waals surface area contributed by atoms with Gasteiger partial charge in [-0.15, -0.1) is 6.58 Å². The third kappa shape index (κ3) is 8.94. The molecule has 0 spiro atoms. The Balaban J connectivity index is 1.62. The fraction of sp³-hybridized carbons (Fsp3) is 0.605. The topological polar surface area (TPSA) is 117 Å². The quantitative estimate of drug-likeness (QED) is 0.120. The van der Waals surface area contributed by atoms with Gasteiger partial charge >= 0.3 is 11.9 Å². The first-order valence-electron chi connectivity index (χ1n) is 17.1. The molecule has 262 valence electrons. The van der Waals surface area contributed by atoms with Crippen molar-refractivity contribution in [2.45, 2.75) is 111 Å². The van der Waals surface area contributed by atoms with Crippen LogP contribution in [-0.2, 0) is 23.9 Å². The van der Waals surface area contributed by atoms with Gasteiger partial charge in [-0.2, -0.15) is 0 Å². The number of hydrogen-bond acceptors (Lipinski definition) is 9. The van der Waals surface area contributed by atoms with Crippen molar-refractivity contribution in [3.05, 3.63) is 43.1 Å². The van der Waals surface area contributed by atoms with Gasteiger partial charge in [0.1, 0.15) is 35.3 Å². The standard InChI is InChI=1S/C38H53N3O7/c1-11-14-15-16-23-19-30(23)46-32(42)21-26(37(4,5)6)35(43)41-22-31(25(12-2)33(41)36(44)48-38(7,8)9)47-34-27(13-3)39-28-18-17-24(45-10)20-29(28)40-34/h11,13,17-18,20,23,25-26,30-31,33H,1,3,12,14-16,19,21-22H2,2,4-10H3/t23-,25-,26-,30-,31+,33+/m1/s1. The van der Waals surface area contributed by atoms with Crippen molar-refractivity contribution < 1.29 is 33.3 Å². The maximum Gasteiger partial charge on any atom is 0.329 e. The Morgan fingerprint density at radius 2 is 1.79 bits per heavy atom. The minimum atomic E-state index is -0.925. The maximum atomic E-state index is 14.6. The van der Waals surface area contributed by atoms with Crippen molar-refractivity contribution in [3.8, 4) is 11.6 Å². The summed E-state index contributed by atoms with van der Waals surface area (Å²) in [5.41, 5.74) is 0.291. The molecule has 2 heterocycles. The zero-order valence-electron chi connectivity index (χ0n) is 29.9. The zero-order chi connectivity index (χ0) is 35.4. The molecule has 0 unspecified atom stereocenters. The lowest BCUT2D eigenvalue weighted by molar-refractivity contribution is -0.167. The van der Waals surface area contributed by atoms with Gasteiger partial charge < -0.3 is 23.8 Å². The van der Waals surface area contributed by atoms with Gasteiger partial charge in [0.15, 0.2) is 0 Å². The normalized spacial score (nSPS) is 22.9. The van der Waals surface area contributed by atoms with E-state index in [1.807, 2.05) is 39.8 Å². The highest BCUT2D eigenvalue weighted by atomic mass is 16.6. The number of allylic oxidation sites excluding steroid dienone is 1. The number of unbranched alkanes of at least 4 members (excludes halogenated alkanes) is 1. The molecular formula is C38H53N3O7. The molecule has 1 amide bonds. The molecule has 1 saturated carbocycles. The minimum absolute atomic E-state index is 0.0866. The number of nitrogens with zero attached hydrogens (tertiary/aromatic N) is 3. The van der Waals surface area contributed by atoms with E-state index >= 15 is 0 Å². The summed E-state index contributed by atoms with van der Waals surface area (Å²) in [4.78, 5) is 52.6. The van der Waals surface area contributed by atoms with E-state index in [1.165, 1.54) is 0 Å². The van der Waals surface area contributed by atoms with Gasteiger partial charge in [0.2, 0.25) is 11.8 Å². The van der Waals surface area contributed by atoms with E-state index in [1.54, 1.807) is 51.0 Å². The minimum Gasteiger partial charge on any atom is -0.497 e. The van der Waals surface area contributed by atoms with Crippen molar-refractivity contribution >= 4 is 35.0 Å². The van der Waals surface area contributed by atoms with Gasteiger partial charge in [-0.25, -0.2) is 14.8 Å². The van der Waals surface area contributed by atoms with Crippen molar-refractivity contribution in [2.24, 2.45) is 23.2 Å². The number of likely N-dealkylation sites (tertiary alicyclic amines) is 1. The Morgan fingerprint density at radius 1 is 1.06 bits per heavy atom. The molecule has 1 aliphatic heterocycles. The molecule has 0 radical (unpaired) electrons. The Labute approximate surface area is 285 Å². The molecular weight excluding hydrogens is 610 g/mol. The molecule has 2 fully saturated rings. The number of carbonyl (C=O) groups excluding carboxylic acids is 3. The van der Waals surface area contributed by atoms with Crippen molar-refractivity contribution in [1.82, 2.24) is 14.9 Å². The number of carbonyl (C=O) groups is 3. The molecule has 0 bridgehead atoms. The van der Waals surface area contributed by atoms with E-state index in [0.717, 1.165) is 25.7 Å². The highest BCUT2D eigenvalue weighted by molar-refractivity contribution is 5.90. The molecule has 48 heavy (non-hydrogen) atoms. The van der Waals surface area contributed by atoms with Gasteiger partial charge in [0.25, 0.3) is 0 Å². The second kappa shape index (κ2) is 15.1. The zero-order valence-corrected chi connectivity index (χ0v) is 29.9. The van der Waals surface area contributed by atoms with Gasteiger partial charge in [0.05, 0.1) is 37.0 Å². The van der Waals surface area contributed by atoms with Crippen molar-refractivity contribution in [1.29, 1.82) is 0 Å². The van der Waals surface area contributed by atoms with E-state index in [2.05, 4.69) is 18.1 Å². The summed E-state index contributed by atoms with van der Waals surface area (Å²) >= 11 is 0. The highest BCUT2D eigenvalue weighted by Crippen LogP contribution is 2.41. The predicted octanol–water partition coefficient (Wildman–Crippen LogP) is 6.95. The largest absolute Gasteiger partial charge is 0.497 e. The van der Waals surface area contributed by atoms with E-state index < -0.39 is 46.9 Å². The van der Waals surface area contributed by atoms with Crippen molar-refractivity contribution in [2.75, 3.05) is 13.7 Å². The maximum absolute atomic E-state index is 14.6. The number of ether oxygens (including phenoxy) is 4. The van der Waals surface area contributed by atoms with Gasteiger partial charge in [0, 0.05) is 12.0 Å². The first-order chi connectivity index (χ1) is 22.6. The van der Waals surface area contributed by atoms with Crippen LogP contribution >= 0.6 is 0 Å². The summed E-state index contributed by atoms with van der Waals surface area (Å²) in [6.07, 6.45) is 6.97. The first kappa shape index (κ1) is 36.9. The monoisotopic (exact) mass is 663 g/mol. The van der Waals surface area contributed by atoms with Crippen LogP contribution in [0.25, 0.3) is 17.1 Å². The Bertz CT molecular complexity index is 1510. The van der Waals surface area contributed by atoms with Crippen LogP contribution in [0.1, 0.15) is 92.7 Å². The molecule has 6 atom stereocenters. The molecule has 10 nitrogen and oxygen atoms in total. The number of esters is 2. The summed E-state index contributed by atoms with van der Waals surface area (Å²) in [5.74, 6) is -1.14. The summed E-state index contributed by atoms with van der Waals surface area (Å²) in [5, 5.41) is 0. The van der Waals surface area contributed by atoms with E-state index in [-0.39, 0.29) is 30.9 Å². The number of amides is 1.